The van der Waals surface area contributed by atoms with E-state index in [-0.39, 0.29) is 11.9 Å². The zero-order valence-electron chi connectivity index (χ0n) is 10.6. The quantitative estimate of drug-likeness (QED) is 0.834. The topological polar surface area (TPSA) is 55.4 Å². The van der Waals surface area contributed by atoms with Crippen molar-refractivity contribution in [3.63, 3.8) is 0 Å². The molecule has 1 saturated carbocycles. The highest BCUT2D eigenvalue weighted by Crippen LogP contribution is 2.20. The molecular weight excluding hydrogens is 250 g/mol. The minimum absolute atomic E-state index is 0.0396. The molecule has 1 aliphatic carbocycles. The highest BCUT2D eigenvalue weighted by atomic mass is 32.2. The molecule has 0 bridgehead atoms. The highest BCUT2D eigenvalue weighted by molar-refractivity contribution is 7.88. The maximum Gasteiger partial charge on any atom is 0.237 e. The van der Waals surface area contributed by atoms with Gasteiger partial charge in [-0.2, -0.15) is 0 Å². The van der Waals surface area contributed by atoms with Crippen molar-refractivity contribution in [2.45, 2.75) is 44.5 Å². The van der Waals surface area contributed by atoms with Crippen LogP contribution in [0.5, 0.6) is 0 Å². The Bertz CT molecular complexity index is 475. The molecular formula is C13H19NO3S. The van der Waals surface area contributed by atoms with Crippen LogP contribution < -0.4 is 4.89 Å². The van der Waals surface area contributed by atoms with Gasteiger partial charge in [0, 0.05) is 0 Å². The molecule has 0 heterocycles. The Morgan fingerprint density at radius 2 is 1.83 bits per heavy atom. The third-order valence-electron chi connectivity index (χ3n) is 3.12. The van der Waals surface area contributed by atoms with Crippen LogP contribution in [0.1, 0.15) is 36.8 Å². The second-order valence-corrected chi connectivity index (χ2v) is 6.54. The maximum atomic E-state index is 11.8. The van der Waals surface area contributed by atoms with Gasteiger partial charge in [0.15, 0.2) is 0 Å². The Morgan fingerprint density at radius 1 is 1.22 bits per heavy atom. The van der Waals surface area contributed by atoms with E-state index in [4.69, 9.17) is 4.84 Å². The minimum atomic E-state index is -3.41. The Hall–Kier alpha value is -0.910. The first-order valence-electron chi connectivity index (χ1n) is 6.26. The summed E-state index contributed by atoms with van der Waals surface area (Å²) in [6, 6.07) is 7.46. The standard InChI is InChI=1S/C13H19NO3S/c1-11-6-8-12(9-7-11)10-18(15,16)14-17-13-4-2-3-5-13/h6-9,13-14H,2-5,10H2,1H3. The summed E-state index contributed by atoms with van der Waals surface area (Å²) >= 11 is 0. The zero-order chi connectivity index (χ0) is 13.0. The fourth-order valence-electron chi connectivity index (χ4n) is 2.08. The number of nitrogens with one attached hydrogen (secondary N) is 1. The summed E-state index contributed by atoms with van der Waals surface area (Å²) in [7, 11) is -3.41. The molecule has 0 spiro atoms. The van der Waals surface area contributed by atoms with Crippen LogP contribution in [0.2, 0.25) is 0 Å². The summed E-state index contributed by atoms with van der Waals surface area (Å²) in [5.41, 5.74) is 1.88. The molecule has 4 nitrogen and oxygen atoms in total. The van der Waals surface area contributed by atoms with Gasteiger partial charge in [-0.25, -0.2) is 8.42 Å². The highest BCUT2D eigenvalue weighted by Gasteiger charge is 2.19. The Morgan fingerprint density at radius 3 is 2.44 bits per heavy atom. The van der Waals surface area contributed by atoms with Gasteiger partial charge in [-0.1, -0.05) is 47.6 Å². The van der Waals surface area contributed by atoms with E-state index in [1.165, 1.54) is 0 Å². The van der Waals surface area contributed by atoms with Crippen molar-refractivity contribution in [2.24, 2.45) is 0 Å². The van der Waals surface area contributed by atoms with Gasteiger partial charge in [-0.15, -0.1) is 0 Å². The Labute approximate surface area is 108 Å². The van der Waals surface area contributed by atoms with Crippen LogP contribution in [-0.2, 0) is 20.6 Å². The van der Waals surface area contributed by atoms with Crippen molar-refractivity contribution in [1.29, 1.82) is 0 Å². The average Bonchev–Trinajstić information content (AvgIpc) is 2.83. The van der Waals surface area contributed by atoms with E-state index in [1.54, 1.807) is 0 Å². The van der Waals surface area contributed by atoms with Gasteiger partial charge in [0.1, 0.15) is 0 Å². The number of hydrogen-bond donors (Lipinski definition) is 1. The molecule has 1 fully saturated rings. The first kappa shape index (κ1) is 13.5. The van der Waals surface area contributed by atoms with Crippen LogP contribution >= 0.6 is 0 Å². The van der Waals surface area contributed by atoms with Gasteiger partial charge >= 0.3 is 0 Å². The van der Waals surface area contributed by atoms with Crippen molar-refractivity contribution in [2.75, 3.05) is 0 Å². The van der Waals surface area contributed by atoms with Crippen LogP contribution in [0.15, 0.2) is 24.3 Å². The second-order valence-electron chi connectivity index (χ2n) is 4.85. The predicted octanol–water partition coefficient (Wildman–Crippen LogP) is 2.29. The monoisotopic (exact) mass is 269 g/mol. The third-order valence-corrected chi connectivity index (χ3v) is 4.18. The molecule has 0 saturated heterocycles. The Balaban J connectivity index is 1.88. The summed E-state index contributed by atoms with van der Waals surface area (Å²) in [4.78, 5) is 7.46. The van der Waals surface area contributed by atoms with E-state index < -0.39 is 10.0 Å². The molecule has 0 aromatic heterocycles. The lowest BCUT2D eigenvalue weighted by atomic mass is 10.2. The molecule has 18 heavy (non-hydrogen) atoms. The van der Waals surface area contributed by atoms with Crippen molar-refractivity contribution in [3.8, 4) is 0 Å². The molecule has 2 rings (SSSR count). The van der Waals surface area contributed by atoms with Gasteiger partial charge in [-0.05, 0) is 25.3 Å². The van der Waals surface area contributed by atoms with Crippen molar-refractivity contribution in [1.82, 2.24) is 4.89 Å². The fourth-order valence-corrected chi connectivity index (χ4v) is 3.05. The summed E-state index contributed by atoms with van der Waals surface area (Å²) in [5, 5.41) is 0. The van der Waals surface area contributed by atoms with Crippen LogP contribution in [0.25, 0.3) is 0 Å². The van der Waals surface area contributed by atoms with E-state index in [9.17, 15) is 8.42 Å². The normalized spacial score (nSPS) is 17.2. The lowest BCUT2D eigenvalue weighted by molar-refractivity contribution is 0.0222. The first-order valence-corrected chi connectivity index (χ1v) is 7.91. The summed E-state index contributed by atoms with van der Waals surface area (Å²) < 4.78 is 23.6. The maximum absolute atomic E-state index is 11.8. The minimum Gasteiger partial charge on any atom is -0.284 e. The van der Waals surface area contributed by atoms with Gasteiger partial charge in [0.25, 0.3) is 0 Å². The first-order chi connectivity index (χ1) is 8.55. The molecule has 0 aliphatic heterocycles. The van der Waals surface area contributed by atoms with E-state index in [1.807, 2.05) is 31.2 Å². The molecule has 1 aliphatic rings. The van der Waals surface area contributed by atoms with E-state index >= 15 is 0 Å². The molecule has 1 aromatic rings. The fraction of sp³-hybridized carbons (Fsp3) is 0.538. The molecule has 1 aromatic carbocycles. The lowest BCUT2D eigenvalue weighted by Crippen LogP contribution is -2.29. The summed E-state index contributed by atoms with van der Waals surface area (Å²) in [6.45, 7) is 1.97. The molecule has 0 unspecified atom stereocenters. The lowest BCUT2D eigenvalue weighted by Gasteiger charge is -2.12. The van der Waals surface area contributed by atoms with Crippen LogP contribution in [0.3, 0.4) is 0 Å². The molecule has 5 heteroatoms. The van der Waals surface area contributed by atoms with Crippen LogP contribution in [-0.4, -0.2) is 14.5 Å². The van der Waals surface area contributed by atoms with Crippen LogP contribution in [0, 0.1) is 6.92 Å². The van der Waals surface area contributed by atoms with Crippen molar-refractivity contribution < 1.29 is 13.3 Å². The summed E-state index contributed by atoms with van der Waals surface area (Å²) in [6.07, 6.45) is 4.15. The summed E-state index contributed by atoms with van der Waals surface area (Å²) in [5.74, 6) is -0.0417. The molecule has 100 valence electrons. The number of sulfonamides is 1. The van der Waals surface area contributed by atoms with E-state index in [0.29, 0.717) is 0 Å². The number of rotatable bonds is 5. The number of aryl methyl sites for hydroxylation is 1. The largest absolute Gasteiger partial charge is 0.284 e. The van der Waals surface area contributed by atoms with Crippen molar-refractivity contribution in [3.05, 3.63) is 35.4 Å². The Kier molecular flexibility index (Phi) is 4.37. The number of benzene rings is 1. The van der Waals surface area contributed by atoms with Gasteiger partial charge in [-0.3, -0.25) is 4.84 Å². The number of hydrogen-bond acceptors (Lipinski definition) is 3. The SMILES string of the molecule is Cc1ccc(CS(=O)(=O)NOC2CCCC2)cc1. The van der Waals surface area contributed by atoms with Gasteiger partial charge in [0.2, 0.25) is 10.0 Å². The van der Waals surface area contributed by atoms with Crippen LogP contribution in [0.4, 0.5) is 0 Å². The van der Waals surface area contributed by atoms with Gasteiger partial charge < -0.3 is 0 Å². The van der Waals surface area contributed by atoms with Crippen molar-refractivity contribution >= 4 is 10.0 Å². The smallest absolute Gasteiger partial charge is 0.237 e. The predicted molar refractivity (Wildman–Crippen MR) is 70.3 cm³/mol. The molecule has 0 amide bonds. The second kappa shape index (κ2) is 5.82. The average molecular weight is 269 g/mol. The van der Waals surface area contributed by atoms with E-state index in [0.717, 1.165) is 36.8 Å². The molecule has 1 N–H and O–H groups in total. The van der Waals surface area contributed by atoms with Gasteiger partial charge in [0.05, 0.1) is 11.9 Å². The third kappa shape index (κ3) is 4.08. The van der Waals surface area contributed by atoms with E-state index in [2.05, 4.69) is 4.89 Å². The molecule has 0 radical (unpaired) electrons. The molecule has 0 atom stereocenters. The zero-order valence-corrected chi connectivity index (χ0v) is 11.4.